The highest BCUT2D eigenvalue weighted by Crippen LogP contribution is 2.18. The minimum atomic E-state index is -0.800. The summed E-state index contributed by atoms with van der Waals surface area (Å²) < 4.78 is 17.0. The van der Waals surface area contributed by atoms with E-state index in [1.807, 2.05) is 0 Å². The predicted octanol–water partition coefficient (Wildman–Crippen LogP) is 24.8. The fraction of sp³-hybridized carbons (Fsp3) is 0.753. The van der Waals surface area contributed by atoms with Crippen molar-refractivity contribution in [2.75, 3.05) is 13.2 Å². The van der Waals surface area contributed by atoms with Gasteiger partial charge in [0, 0.05) is 19.3 Å². The molecule has 0 rings (SSSR count). The Morgan fingerprint density at radius 2 is 0.470 bits per heavy atom. The molecule has 0 amide bonds. The molecule has 83 heavy (non-hydrogen) atoms. The molecule has 0 aliphatic heterocycles. The van der Waals surface area contributed by atoms with E-state index in [-0.39, 0.29) is 37.5 Å². The monoisotopic (exact) mass is 1160 g/mol. The zero-order chi connectivity index (χ0) is 59.9. The highest BCUT2D eigenvalue weighted by atomic mass is 16.6. The van der Waals surface area contributed by atoms with Crippen molar-refractivity contribution < 1.29 is 28.6 Å². The maximum atomic E-state index is 12.9. The number of carbonyl (C=O) groups is 3. The number of carbonyl (C=O) groups excluding carboxylic acids is 3. The zero-order valence-corrected chi connectivity index (χ0v) is 54.9. The van der Waals surface area contributed by atoms with Gasteiger partial charge in [0.15, 0.2) is 6.10 Å². The molecule has 478 valence electrons. The third kappa shape index (κ3) is 69.0. The summed E-state index contributed by atoms with van der Waals surface area (Å²) in [5.41, 5.74) is 0. The number of rotatable bonds is 65. The van der Waals surface area contributed by atoms with Crippen molar-refractivity contribution in [3.63, 3.8) is 0 Å². The number of hydrogen-bond acceptors (Lipinski definition) is 6. The third-order valence-electron chi connectivity index (χ3n) is 15.6. The van der Waals surface area contributed by atoms with Gasteiger partial charge in [-0.1, -0.05) is 330 Å². The molecular formula is C77H134O6. The molecule has 6 nitrogen and oxygen atoms in total. The lowest BCUT2D eigenvalue weighted by atomic mass is 10.0. The number of hydrogen-bond donors (Lipinski definition) is 0. The average molecular weight is 1160 g/mol. The molecule has 0 heterocycles. The van der Waals surface area contributed by atoms with Crippen molar-refractivity contribution in [1.29, 1.82) is 0 Å². The Hall–Kier alpha value is -3.67. The van der Waals surface area contributed by atoms with Crippen molar-refractivity contribution in [2.45, 2.75) is 361 Å². The lowest BCUT2D eigenvalue weighted by Gasteiger charge is -2.18. The van der Waals surface area contributed by atoms with E-state index in [0.29, 0.717) is 12.8 Å². The van der Waals surface area contributed by atoms with Crippen molar-refractivity contribution in [3.05, 3.63) is 97.2 Å². The number of ether oxygens (including phenoxy) is 3. The first-order chi connectivity index (χ1) is 41.0. The second-order valence-corrected chi connectivity index (χ2v) is 23.8. The van der Waals surface area contributed by atoms with Gasteiger partial charge in [-0.25, -0.2) is 0 Å². The molecule has 0 aromatic heterocycles. The van der Waals surface area contributed by atoms with Crippen LogP contribution in [0.25, 0.3) is 0 Å². The van der Waals surface area contributed by atoms with Gasteiger partial charge in [0.2, 0.25) is 0 Å². The quantitative estimate of drug-likeness (QED) is 0.0261. The Kier molecular flexibility index (Phi) is 67.7. The normalized spacial score (nSPS) is 12.7. The molecule has 0 aliphatic rings. The first-order valence-corrected chi connectivity index (χ1v) is 35.7. The summed E-state index contributed by atoms with van der Waals surface area (Å²) in [6.07, 6.45) is 95.8. The summed E-state index contributed by atoms with van der Waals surface area (Å²) in [4.78, 5) is 38.4. The van der Waals surface area contributed by atoms with Crippen molar-refractivity contribution in [3.8, 4) is 0 Å². The van der Waals surface area contributed by atoms with E-state index in [1.165, 1.54) is 199 Å². The SMILES string of the molecule is CC/C=C\C/C=C\C/C=C\C/C=C\C/C=C\C/C=C\C/C=C\CCCCCC(=O)OC(COC(=O)CCCCCCC/C=C\CCCCCCC)COC(=O)CCCCCCCCCCCCCCCCCCCCCCCCCCCC. The van der Waals surface area contributed by atoms with Gasteiger partial charge in [0.1, 0.15) is 13.2 Å². The van der Waals surface area contributed by atoms with Crippen LogP contribution >= 0.6 is 0 Å². The molecule has 0 bridgehead atoms. The van der Waals surface area contributed by atoms with Crippen molar-refractivity contribution in [1.82, 2.24) is 0 Å². The molecule has 0 fully saturated rings. The molecule has 0 aliphatic carbocycles. The number of allylic oxidation sites excluding steroid dienone is 16. The molecule has 0 aromatic carbocycles. The van der Waals surface area contributed by atoms with E-state index in [0.717, 1.165) is 116 Å². The molecule has 0 saturated carbocycles. The van der Waals surface area contributed by atoms with Crippen LogP contribution < -0.4 is 0 Å². The summed E-state index contributed by atoms with van der Waals surface area (Å²) in [5, 5.41) is 0. The van der Waals surface area contributed by atoms with E-state index in [2.05, 4.69) is 118 Å². The molecule has 0 N–H and O–H groups in total. The summed E-state index contributed by atoms with van der Waals surface area (Å²) in [6.45, 7) is 6.53. The highest BCUT2D eigenvalue weighted by molar-refractivity contribution is 5.71. The highest BCUT2D eigenvalue weighted by Gasteiger charge is 2.19. The van der Waals surface area contributed by atoms with Crippen LogP contribution in [0.1, 0.15) is 355 Å². The summed E-state index contributed by atoms with van der Waals surface area (Å²) in [6, 6.07) is 0. The van der Waals surface area contributed by atoms with E-state index >= 15 is 0 Å². The second kappa shape index (κ2) is 70.8. The average Bonchev–Trinajstić information content (AvgIpc) is 3.49. The Bertz CT molecular complexity index is 1610. The maximum absolute atomic E-state index is 12.9. The lowest BCUT2D eigenvalue weighted by molar-refractivity contribution is -0.167. The summed E-state index contributed by atoms with van der Waals surface area (Å²) >= 11 is 0. The Balaban J connectivity index is 4.35. The second-order valence-electron chi connectivity index (χ2n) is 23.8. The Labute approximate surface area is 515 Å². The third-order valence-corrected chi connectivity index (χ3v) is 15.6. The molecule has 0 spiro atoms. The van der Waals surface area contributed by atoms with Crippen LogP contribution in [0, 0.1) is 0 Å². The molecule has 0 radical (unpaired) electrons. The van der Waals surface area contributed by atoms with Crippen molar-refractivity contribution in [2.24, 2.45) is 0 Å². The fourth-order valence-corrected chi connectivity index (χ4v) is 10.2. The van der Waals surface area contributed by atoms with E-state index in [1.54, 1.807) is 0 Å². The summed E-state index contributed by atoms with van der Waals surface area (Å²) in [5.74, 6) is -0.917. The minimum Gasteiger partial charge on any atom is -0.462 e. The molecule has 6 heteroatoms. The van der Waals surface area contributed by atoms with Crippen LogP contribution in [0.3, 0.4) is 0 Å². The van der Waals surface area contributed by atoms with Gasteiger partial charge in [-0.3, -0.25) is 14.4 Å². The first kappa shape index (κ1) is 79.3. The van der Waals surface area contributed by atoms with E-state index < -0.39 is 6.10 Å². The lowest BCUT2D eigenvalue weighted by Crippen LogP contribution is -2.30. The van der Waals surface area contributed by atoms with Crippen LogP contribution in [0.5, 0.6) is 0 Å². The van der Waals surface area contributed by atoms with Gasteiger partial charge in [-0.05, 0) is 103 Å². The largest absolute Gasteiger partial charge is 0.462 e. The molecule has 1 atom stereocenters. The topological polar surface area (TPSA) is 78.9 Å². The van der Waals surface area contributed by atoms with Crippen LogP contribution in [0.2, 0.25) is 0 Å². The Morgan fingerprint density at radius 1 is 0.253 bits per heavy atom. The smallest absolute Gasteiger partial charge is 0.306 e. The molecular weight excluding hydrogens is 1020 g/mol. The van der Waals surface area contributed by atoms with Gasteiger partial charge in [-0.2, -0.15) is 0 Å². The fourth-order valence-electron chi connectivity index (χ4n) is 10.2. The maximum Gasteiger partial charge on any atom is 0.306 e. The molecule has 1 unspecified atom stereocenters. The number of esters is 3. The van der Waals surface area contributed by atoms with Crippen LogP contribution in [-0.4, -0.2) is 37.2 Å². The van der Waals surface area contributed by atoms with E-state index in [9.17, 15) is 14.4 Å². The Morgan fingerprint density at radius 3 is 0.759 bits per heavy atom. The molecule has 0 saturated heterocycles. The van der Waals surface area contributed by atoms with Gasteiger partial charge in [0.05, 0.1) is 0 Å². The van der Waals surface area contributed by atoms with Gasteiger partial charge in [-0.15, -0.1) is 0 Å². The number of unbranched alkanes of at least 4 members (excludes halogenated alkanes) is 38. The minimum absolute atomic E-state index is 0.0911. The summed E-state index contributed by atoms with van der Waals surface area (Å²) in [7, 11) is 0. The first-order valence-electron chi connectivity index (χ1n) is 35.7. The predicted molar refractivity (Wildman–Crippen MR) is 362 cm³/mol. The van der Waals surface area contributed by atoms with Crippen molar-refractivity contribution >= 4 is 17.9 Å². The van der Waals surface area contributed by atoms with Crippen LogP contribution in [-0.2, 0) is 28.6 Å². The molecule has 0 aromatic rings. The zero-order valence-electron chi connectivity index (χ0n) is 54.9. The van der Waals surface area contributed by atoms with Gasteiger partial charge < -0.3 is 14.2 Å². The van der Waals surface area contributed by atoms with Crippen LogP contribution in [0.15, 0.2) is 97.2 Å². The van der Waals surface area contributed by atoms with Crippen LogP contribution in [0.4, 0.5) is 0 Å². The van der Waals surface area contributed by atoms with Gasteiger partial charge in [0.25, 0.3) is 0 Å². The standard InChI is InChI=1S/C77H134O6/c1-4-7-10-13-16-19-22-25-28-30-32-34-36-38-40-41-43-45-47-49-52-55-58-61-64-67-70-76(79)82-73-74(72-81-75(78)69-66-63-60-57-54-51-27-24-21-18-15-12-9-6-3)83-77(80)71-68-65-62-59-56-53-50-48-46-44-42-39-37-35-33-31-29-26-23-20-17-14-11-8-5-2/h8,11,17,20,24,26-27,29,33,35,39,42,46,48,53,56,74H,4-7,9-10,12-16,18-19,21-23,25,28,30-32,34,36-38,40-41,43-45,47,49-52,54-55,57-73H2,1-3H3/b11-8-,20-17-,27-24-,29-26-,35-33-,42-39-,48-46-,56-53-. The van der Waals surface area contributed by atoms with E-state index in [4.69, 9.17) is 14.2 Å². The van der Waals surface area contributed by atoms with Gasteiger partial charge >= 0.3 is 17.9 Å².